The van der Waals surface area contributed by atoms with Crippen LogP contribution >= 0.6 is 11.8 Å². The normalized spacial score (nSPS) is 16.4. The number of aryl methyl sites for hydroxylation is 2. The standard InChI is InChI=1S/C16H18N4O3S2/c1-9-7-10(2)18-15(17-9)19-16(21)20-25(22,23)13-6-4-5-12-8-11(3)24-14(12)13/h4-7,11H,8H2,1-3H3,(H2,17,18,19,20,21). The fraction of sp³-hybridized carbons (Fsp3) is 0.312. The topological polar surface area (TPSA) is 101 Å². The van der Waals surface area contributed by atoms with E-state index in [1.54, 1.807) is 26.0 Å². The van der Waals surface area contributed by atoms with Gasteiger partial charge in [0.25, 0.3) is 10.0 Å². The number of hydrogen-bond acceptors (Lipinski definition) is 6. The predicted octanol–water partition coefficient (Wildman–Crippen LogP) is 2.64. The molecular weight excluding hydrogens is 360 g/mol. The van der Waals surface area contributed by atoms with Gasteiger partial charge < -0.3 is 0 Å². The van der Waals surface area contributed by atoms with E-state index in [9.17, 15) is 13.2 Å². The number of rotatable bonds is 3. The summed E-state index contributed by atoms with van der Waals surface area (Å²) < 4.78 is 27.2. The van der Waals surface area contributed by atoms with Crippen LogP contribution in [0.2, 0.25) is 0 Å². The fourth-order valence-corrected chi connectivity index (χ4v) is 5.37. The second-order valence-electron chi connectivity index (χ2n) is 5.91. The molecule has 0 bridgehead atoms. The summed E-state index contributed by atoms with van der Waals surface area (Å²) in [4.78, 5) is 21.1. The molecule has 7 nitrogen and oxygen atoms in total. The van der Waals surface area contributed by atoms with Gasteiger partial charge in [-0.3, -0.25) is 5.32 Å². The van der Waals surface area contributed by atoms with Crippen LogP contribution in [-0.4, -0.2) is 29.7 Å². The average molecular weight is 378 g/mol. The summed E-state index contributed by atoms with van der Waals surface area (Å²) in [5.41, 5.74) is 2.34. The number of benzene rings is 1. The number of sulfonamides is 1. The summed E-state index contributed by atoms with van der Waals surface area (Å²) in [6.45, 7) is 5.57. The number of fused-ring (bicyclic) bond motifs is 1. The van der Waals surface area contributed by atoms with Crippen molar-refractivity contribution >= 4 is 33.8 Å². The average Bonchev–Trinajstić information content (AvgIpc) is 2.84. The van der Waals surface area contributed by atoms with Crippen molar-refractivity contribution in [3.8, 4) is 0 Å². The first-order valence-corrected chi connectivity index (χ1v) is 10.1. The van der Waals surface area contributed by atoms with Crippen LogP contribution in [0.3, 0.4) is 0 Å². The monoisotopic (exact) mass is 378 g/mol. The van der Waals surface area contributed by atoms with Crippen LogP contribution in [0.4, 0.5) is 10.7 Å². The van der Waals surface area contributed by atoms with Crippen LogP contribution < -0.4 is 10.0 Å². The Kier molecular flexibility index (Phi) is 4.70. The van der Waals surface area contributed by atoms with Gasteiger partial charge in [0.1, 0.15) is 4.90 Å². The number of hydrogen-bond donors (Lipinski definition) is 2. The molecule has 0 spiro atoms. The van der Waals surface area contributed by atoms with E-state index in [2.05, 4.69) is 15.3 Å². The second-order valence-corrected chi connectivity index (χ2v) is 9.01. The van der Waals surface area contributed by atoms with E-state index in [0.717, 1.165) is 12.0 Å². The number of carbonyl (C=O) groups is 1. The third-order valence-corrected chi connectivity index (χ3v) is 6.40. The van der Waals surface area contributed by atoms with Crippen molar-refractivity contribution in [3.63, 3.8) is 0 Å². The molecule has 1 aromatic heterocycles. The molecule has 9 heteroatoms. The minimum Gasteiger partial charge on any atom is -0.275 e. The summed E-state index contributed by atoms with van der Waals surface area (Å²) in [7, 11) is -3.99. The lowest BCUT2D eigenvalue weighted by atomic mass is 10.1. The molecule has 0 radical (unpaired) electrons. The lowest BCUT2D eigenvalue weighted by Gasteiger charge is -2.11. The maximum Gasteiger partial charge on any atom is 0.335 e. The minimum absolute atomic E-state index is 0.0616. The Morgan fingerprint density at radius 2 is 1.92 bits per heavy atom. The Labute approximate surface area is 150 Å². The molecule has 132 valence electrons. The lowest BCUT2D eigenvalue weighted by Crippen LogP contribution is -2.35. The zero-order valence-corrected chi connectivity index (χ0v) is 15.7. The van der Waals surface area contributed by atoms with Crippen molar-refractivity contribution in [2.45, 2.75) is 42.2 Å². The van der Waals surface area contributed by atoms with Crippen molar-refractivity contribution in [2.24, 2.45) is 0 Å². The number of aromatic nitrogens is 2. The smallest absolute Gasteiger partial charge is 0.275 e. The van der Waals surface area contributed by atoms with E-state index in [4.69, 9.17) is 0 Å². The van der Waals surface area contributed by atoms with E-state index in [0.29, 0.717) is 21.5 Å². The van der Waals surface area contributed by atoms with Gasteiger partial charge in [0.2, 0.25) is 5.95 Å². The van der Waals surface area contributed by atoms with Gasteiger partial charge in [-0.2, -0.15) is 0 Å². The summed E-state index contributed by atoms with van der Waals surface area (Å²) >= 11 is 1.50. The number of amides is 2. The van der Waals surface area contributed by atoms with E-state index in [1.165, 1.54) is 17.8 Å². The highest BCUT2D eigenvalue weighted by Gasteiger charge is 2.28. The van der Waals surface area contributed by atoms with Crippen LogP contribution in [0.25, 0.3) is 0 Å². The maximum absolute atomic E-state index is 12.6. The van der Waals surface area contributed by atoms with Crippen LogP contribution in [0.15, 0.2) is 34.1 Å². The van der Waals surface area contributed by atoms with Gasteiger partial charge in [-0.15, -0.1) is 11.8 Å². The highest BCUT2D eigenvalue weighted by molar-refractivity contribution is 8.01. The predicted molar refractivity (Wildman–Crippen MR) is 96.3 cm³/mol. The van der Waals surface area contributed by atoms with Crippen LogP contribution in [0, 0.1) is 13.8 Å². The van der Waals surface area contributed by atoms with Crippen LogP contribution in [0.1, 0.15) is 23.9 Å². The first kappa shape index (κ1) is 17.7. The molecular formula is C16H18N4O3S2. The van der Waals surface area contributed by atoms with E-state index < -0.39 is 16.1 Å². The molecule has 2 heterocycles. The van der Waals surface area contributed by atoms with Gasteiger partial charge in [-0.25, -0.2) is 27.9 Å². The Morgan fingerprint density at radius 3 is 2.60 bits per heavy atom. The Morgan fingerprint density at radius 1 is 1.24 bits per heavy atom. The summed E-state index contributed by atoms with van der Waals surface area (Å²) in [5, 5.41) is 2.68. The zero-order valence-electron chi connectivity index (χ0n) is 14.0. The molecule has 0 saturated heterocycles. The van der Waals surface area contributed by atoms with Crippen molar-refractivity contribution < 1.29 is 13.2 Å². The number of anilines is 1. The lowest BCUT2D eigenvalue weighted by molar-refractivity contribution is 0.256. The van der Waals surface area contributed by atoms with Gasteiger partial charge in [0.05, 0.1) is 0 Å². The first-order valence-electron chi connectivity index (χ1n) is 7.69. The number of urea groups is 1. The van der Waals surface area contributed by atoms with Crippen molar-refractivity contribution in [1.29, 1.82) is 0 Å². The second kappa shape index (κ2) is 6.64. The Balaban J connectivity index is 1.80. The molecule has 2 N–H and O–H groups in total. The molecule has 0 fully saturated rings. The van der Waals surface area contributed by atoms with Crippen molar-refractivity contribution in [1.82, 2.24) is 14.7 Å². The molecule has 1 aromatic carbocycles. The molecule has 1 atom stereocenters. The van der Waals surface area contributed by atoms with Gasteiger partial charge in [-0.05, 0) is 38.0 Å². The van der Waals surface area contributed by atoms with Gasteiger partial charge in [0.15, 0.2) is 0 Å². The molecule has 1 aliphatic heterocycles. The van der Waals surface area contributed by atoms with Gasteiger partial charge in [-0.1, -0.05) is 19.1 Å². The number of thioether (sulfide) groups is 1. The molecule has 1 unspecified atom stereocenters. The third-order valence-electron chi connectivity index (χ3n) is 3.61. The first-order chi connectivity index (χ1) is 11.7. The molecule has 0 aliphatic carbocycles. The molecule has 2 amide bonds. The Bertz CT molecular complexity index is 924. The zero-order chi connectivity index (χ0) is 18.2. The highest BCUT2D eigenvalue weighted by atomic mass is 32.2. The SMILES string of the molecule is Cc1cc(C)nc(NC(=O)NS(=O)(=O)c2cccc3c2SC(C)C3)n1. The van der Waals surface area contributed by atoms with E-state index in [-0.39, 0.29) is 10.8 Å². The largest absolute Gasteiger partial charge is 0.335 e. The van der Waals surface area contributed by atoms with Gasteiger partial charge in [0, 0.05) is 21.5 Å². The number of carbonyl (C=O) groups excluding carboxylic acids is 1. The molecule has 25 heavy (non-hydrogen) atoms. The third kappa shape index (κ3) is 3.93. The van der Waals surface area contributed by atoms with E-state index in [1.807, 2.05) is 17.7 Å². The van der Waals surface area contributed by atoms with Crippen molar-refractivity contribution in [2.75, 3.05) is 5.32 Å². The molecule has 3 rings (SSSR count). The molecule has 1 aliphatic rings. The summed E-state index contributed by atoms with van der Waals surface area (Å²) in [6, 6.07) is 5.97. The quantitative estimate of drug-likeness (QED) is 0.851. The van der Waals surface area contributed by atoms with Crippen LogP contribution in [0.5, 0.6) is 0 Å². The van der Waals surface area contributed by atoms with Crippen LogP contribution in [-0.2, 0) is 16.4 Å². The Hall–Kier alpha value is -2.13. The minimum atomic E-state index is -3.99. The number of nitrogens with one attached hydrogen (secondary N) is 2. The summed E-state index contributed by atoms with van der Waals surface area (Å²) in [5.74, 6) is 0.0616. The molecule has 0 saturated carbocycles. The van der Waals surface area contributed by atoms with Gasteiger partial charge >= 0.3 is 6.03 Å². The summed E-state index contributed by atoms with van der Waals surface area (Å²) in [6.07, 6.45) is 0.811. The molecule has 2 aromatic rings. The fourth-order valence-electron chi connectivity index (χ4n) is 2.71. The van der Waals surface area contributed by atoms with Crippen molar-refractivity contribution in [3.05, 3.63) is 41.2 Å². The number of nitrogens with zero attached hydrogens (tertiary/aromatic N) is 2. The maximum atomic E-state index is 12.6. The van der Waals surface area contributed by atoms with E-state index >= 15 is 0 Å². The highest BCUT2D eigenvalue weighted by Crippen LogP contribution is 2.40.